The first-order valence-electron chi connectivity index (χ1n) is 4.78. The van der Waals surface area contributed by atoms with Gasteiger partial charge in [0.15, 0.2) is 0 Å². The Labute approximate surface area is 78.2 Å². The summed E-state index contributed by atoms with van der Waals surface area (Å²) in [4.78, 5) is 2.17. The van der Waals surface area contributed by atoms with Crippen molar-refractivity contribution in [2.45, 2.75) is 34.1 Å². The number of hydrogen-bond acceptors (Lipinski definition) is 1. The van der Waals surface area contributed by atoms with Crippen molar-refractivity contribution in [2.24, 2.45) is 5.92 Å². The normalized spacial score (nSPS) is 9.17. The molecule has 0 bridgehead atoms. The fourth-order valence-corrected chi connectivity index (χ4v) is 0.713. The molecule has 0 spiro atoms. The molecule has 0 heterocycles. The van der Waals surface area contributed by atoms with E-state index in [0.717, 1.165) is 19.0 Å². The highest BCUT2D eigenvalue weighted by molar-refractivity contribution is 4.86. The number of hydrogen-bond donors (Lipinski definition) is 0. The minimum absolute atomic E-state index is 0.771. The highest BCUT2D eigenvalue weighted by Crippen LogP contribution is 1.99. The van der Waals surface area contributed by atoms with Gasteiger partial charge in [0, 0.05) is 0 Å². The van der Waals surface area contributed by atoms with Gasteiger partial charge in [-0.3, -0.25) is 4.90 Å². The molecule has 12 heavy (non-hydrogen) atoms. The lowest BCUT2D eigenvalue weighted by atomic mass is 10.1. The van der Waals surface area contributed by atoms with Crippen molar-refractivity contribution in [3.63, 3.8) is 0 Å². The van der Waals surface area contributed by atoms with Crippen LogP contribution in [0.25, 0.3) is 0 Å². The molecule has 0 aromatic rings. The zero-order valence-corrected chi connectivity index (χ0v) is 9.22. The van der Waals surface area contributed by atoms with Crippen LogP contribution in [0.1, 0.15) is 34.1 Å². The molecule has 0 radical (unpaired) electrons. The van der Waals surface area contributed by atoms with Gasteiger partial charge in [0.2, 0.25) is 0 Å². The van der Waals surface area contributed by atoms with Crippen molar-refractivity contribution in [1.29, 1.82) is 0 Å². The standard InChI is InChI=1S/C9H17N.C2H6/c1-5-7-10(4)8-6-9(2)3;1-2/h1,9H,6-8H2,2-4H3;1-2H3. The highest BCUT2D eigenvalue weighted by atomic mass is 15.1. The molecule has 72 valence electrons. The van der Waals surface area contributed by atoms with E-state index < -0.39 is 0 Å². The minimum Gasteiger partial charge on any atom is -0.295 e. The average Bonchev–Trinajstić information content (AvgIpc) is 2.05. The number of nitrogens with zero attached hydrogens (tertiary/aromatic N) is 1. The van der Waals surface area contributed by atoms with E-state index in [1.807, 2.05) is 13.8 Å². The lowest BCUT2D eigenvalue weighted by Crippen LogP contribution is -2.20. The summed E-state index contributed by atoms with van der Waals surface area (Å²) in [6.07, 6.45) is 6.38. The third-order valence-electron chi connectivity index (χ3n) is 1.45. The van der Waals surface area contributed by atoms with Crippen LogP contribution in [0.15, 0.2) is 0 Å². The molecular weight excluding hydrogens is 146 g/mol. The zero-order chi connectivity index (χ0) is 9.98. The molecule has 0 saturated carbocycles. The Bertz CT molecular complexity index is 111. The van der Waals surface area contributed by atoms with Crippen LogP contribution in [0.2, 0.25) is 0 Å². The SMILES string of the molecule is C#CCN(C)CCC(C)C.CC. The van der Waals surface area contributed by atoms with Crippen molar-refractivity contribution in [3.8, 4) is 12.3 Å². The molecule has 0 aromatic carbocycles. The van der Waals surface area contributed by atoms with Crippen LogP contribution in [-0.2, 0) is 0 Å². The van der Waals surface area contributed by atoms with Gasteiger partial charge in [-0.05, 0) is 25.9 Å². The second kappa shape index (κ2) is 10.5. The van der Waals surface area contributed by atoms with Gasteiger partial charge in [0.25, 0.3) is 0 Å². The Hall–Kier alpha value is -0.480. The maximum atomic E-state index is 5.14. The number of rotatable bonds is 4. The van der Waals surface area contributed by atoms with Crippen LogP contribution in [0.5, 0.6) is 0 Å². The summed E-state index contributed by atoms with van der Waals surface area (Å²) in [5.74, 6) is 3.40. The van der Waals surface area contributed by atoms with Crippen molar-refractivity contribution in [2.75, 3.05) is 20.1 Å². The fraction of sp³-hybridized carbons (Fsp3) is 0.818. The molecule has 0 N–H and O–H groups in total. The molecule has 1 heteroatoms. The van der Waals surface area contributed by atoms with E-state index in [-0.39, 0.29) is 0 Å². The van der Waals surface area contributed by atoms with Crippen LogP contribution < -0.4 is 0 Å². The summed E-state index contributed by atoms with van der Waals surface area (Å²) in [5.41, 5.74) is 0. The van der Waals surface area contributed by atoms with Gasteiger partial charge >= 0.3 is 0 Å². The van der Waals surface area contributed by atoms with Gasteiger partial charge < -0.3 is 0 Å². The van der Waals surface area contributed by atoms with Crippen molar-refractivity contribution in [3.05, 3.63) is 0 Å². The Balaban J connectivity index is 0. The molecule has 0 saturated heterocycles. The van der Waals surface area contributed by atoms with Crippen LogP contribution in [0.3, 0.4) is 0 Å². The van der Waals surface area contributed by atoms with Gasteiger partial charge in [-0.2, -0.15) is 0 Å². The second-order valence-electron chi connectivity index (χ2n) is 3.12. The van der Waals surface area contributed by atoms with E-state index in [1.54, 1.807) is 0 Å². The van der Waals surface area contributed by atoms with E-state index in [9.17, 15) is 0 Å². The molecule has 0 aliphatic heterocycles. The average molecular weight is 169 g/mol. The lowest BCUT2D eigenvalue weighted by Gasteiger charge is -2.13. The van der Waals surface area contributed by atoms with Crippen molar-refractivity contribution < 1.29 is 0 Å². The minimum atomic E-state index is 0.771. The third kappa shape index (κ3) is 12.2. The van der Waals surface area contributed by atoms with E-state index in [1.165, 1.54) is 6.42 Å². The van der Waals surface area contributed by atoms with Gasteiger partial charge in [-0.1, -0.05) is 33.6 Å². The van der Waals surface area contributed by atoms with Gasteiger partial charge in [0.1, 0.15) is 0 Å². The van der Waals surface area contributed by atoms with Gasteiger partial charge in [-0.15, -0.1) is 6.42 Å². The predicted molar refractivity (Wildman–Crippen MR) is 57.1 cm³/mol. The molecule has 0 atom stereocenters. The van der Waals surface area contributed by atoms with Crippen molar-refractivity contribution >= 4 is 0 Å². The lowest BCUT2D eigenvalue weighted by molar-refractivity contribution is 0.344. The van der Waals surface area contributed by atoms with Crippen LogP contribution >= 0.6 is 0 Å². The van der Waals surface area contributed by atoms with Gasteiger partial charge in [-0.25, -0.2) is 0 Å². The quantitative estimate of drug-likeness (QED) is 0.585. The first kappa shape index (κ1) is 14.1. The van der Waals surface area contributed by atoms with E-state index in [0.29, 0.717) is 0 Å². The molecule has 0 aromatic heterocycles. The summed E-state index contributed by atoms with van der Waals surface area (Å²) >= 11 is 0. The fourth-order valence-electron chi connectivity index (χ4n) is 0.713. The predicted octanol–water partition coefficient (Wildman–Crippen LogP) is 2.62. The first-order valence-corrected chi connectivity index (χ1v) is 4.78. The van der Waals surface area contributed by atoms with Gasteiger partial charge in [0.05, 0.1) is 6.54 Å². The first-order chi connectivity index (χ1) is 5.66. The monoisotopic (exact) mass is 169 g/mol. The summed E-state index contributed by atoms with van der Waals surface area (Å²) < 4.78 is 0. The zero-order valence-electron chi connectivity index (χ0n) is 9.22. The highest BCUT2D eigenvalue weighted by Gasteiger charge is 1.97. The van der Waals surface area contributed by atoms with E-state index in [4.69, 9.17) is 6.42 Å². The van der Waals surface area contributed by atoms with Crippen molar-refractivity contribution in [1.82, 2.24) is 4.90 Å². The van der Waals surface area contributed by atoms with E-state index in [2.05, 4.69) is 31.7 Å². The topological polar surface area (TPSA) is 3.24 Å². The molecule has 0 fully saturated rings. The summed E-state index contributed by atoms with van der Waals surface area (Å²) in [6.45, 7) is 10.3. The maximum absolute atomic E-state index is 5.14. The number of terminal acetylenes is 1. The Morgan fingerprint density at radius 1 is 1.33 bits per heavy atom. The smallest absolute Gasteiger partial charge is 0.0596 e. The molecular formula is C11H23N. The third-order valence-corrected chi connectivity index (χ3v) is 1.45. The molecule has 0 unspecified atom stereocenters. The molecule has 0 rings (SSSR count). The largest absolute Gasteiger partial charge is 0.295 e. The molecule has 0 aliphatic carbocycles. The Morgan fingerprint density at radius 2 is 1.83 bits per heavy atom. The van der Waals surface area contributed by atoms with Crippen LogP contribution in [-0.4, -0.2) is 25.0 Å². The maximum Gasteiger partial charge on any atom is 0.0596 e. The Morgan fingerprint density at radius 3 is 2.17 bits per heavy atom. The molecule has 0 aliphatic rings. The molecule has 0 amide bonds. The summed E-state index contributed by atoms with van der Waals surface area (Å²) in [6, 6.07) is 0. The Kier molecular flexibility index (Phi) is 12.3. The summed E-state index contributed by atoms with van der Waals surface area (Å²) in [7, 11) is 2.06. The second-order valence-corrected chi connectivity index (χ2v) is 3.12. The summed E-state index contributed by atoms with van der Waals surface area (Å²) in [5, 5.41) is 0. The van der Waals surface area contributed by atoms with Crippen LogP contribution in [0.4, 0.5) is 0 Å². The van der Waals surface area contributed by atoms with E-state index >= 15 is 0 Å². The van der Waals surface area contributed by atoms with Crippen LogP contribution in [0, 0.1) is 18.3 Å². The molecule has 1 nitrogen and oxygen atoms in total.